The van der Waals surface area contributed by atoms with Crippen LogP contribution in [-0.2, 0) is 0 Å². The molecule has 1 unspecified atom stereocenters. The monoisotopic (exact) mass is 278 g/mol. The lowest BCUT2D eigenvalue weighted by Gasteiger charge is -2.24. The van der Waals surface area contributed by atoms with Crippen molar-refractivity contribution < 1.29 is 9.47 Å². The third kappa shape index (κ3) is 3.44. The summed E-state index contributed by atoms with van der Waals surface area (Å²) in [5, 5.41) is 0. The Labute approximate surface area is 121 Å². The first-order valence-corrected chi connectivity index (χ1v) is 7.15. The van der Waals surface area contributed by atoms with E-state index in [0.717, 1.165) is 36.7 Å². The third-order valence-electron chi connectivity index (χ3n) is 4.05. The van der Waals surface area contributed by atoms with E-state index in [4.69, 9.17) is 15.2 Å². The summed E-state index contributed by atoms with van der Waals surface area (Å²) in [6.07, 6.45) is 1.24. The summed E-state index contributed by atoms with van der Waals surface area (Å²) in [6.45, 7) is 7.73. The van der Waals surface area contributed by atoms with Crippen LogP contribution in [0.1, 0.15) is 31.9 Å². The highest BCUT2D eigenvalue weighted by molar-refractivity contribution is 5.42. The predicted molar refractivity (Wildman–Crippen MR) is 81.3 cm³/mol. The molecule has 2 N–H and O–H groups in total. The van der Waals surface area contributed by atoms with Crippen molar-refractivity contribution in [3.05, 3.63) is 23.8 Å². The molecule has 1 aromatic carbocycles. The quantitative estimate of drug-likeness (QED) is 0.898. The number of hydrogen-bond acceptors (Lipinski definition) is 4. The van der Waals surface area contributed by atoms with Crippen LogP contribution >= 0.6 is 0 Å². The van der Waals surface area contributed by atoms with Crippen LogP contribution in [-0.4, -0.2) is 38.8 Å². The van der Waals surface area contributed by atoms with Gasteiger partial charge in [0.25, 0.3) is 0 Å². The van der Waals surface area contributed by atoms with Crippen molar-refractivity contribution in [1.82, 2.24) is 4.90 Å². The molecular weight excluding hydrogens is 252 g/mol. The topological polar surface area (TPSA) is 47.7 Å². The van der Waals surface area contributed by atoms with Crippen LogP contribution < -0.4 is 15.2 Å². The molecule has 0 spiro atoms. The fraction of sp³-hybridized carbons (Fsp3) is 0.625. The van der Waals surface area contributed by atoms with E-state index in [9.17, 15) is 0 Å². The Morgan fingerprint density at radius 2 is 2.05 bits per heavy atom. The van der Waals surface area contributed by atoms with Gasteiger partial charge in [-0.05, 0) is 24.4 Å². The van der Waals surface area contributed by atoms with Crippen LogP contribution in [0.3, 0.4) is 0 Å². The molecular formula is C16H26N2O2. The molecule has 1 saturated heterocycles. The van der Waals surface area contributed by atoms with Crippen LogP contribution in [0.25, 0.3) is 0 Å². The minimum Gasteiger partial charge on any atom is -0.497 e. The van der Waals surface area contributed by atoms with Gasteiger partial charge < -0.3 is 20.1 Å². The lowest BCUT2D eigenvalue weighted by atomic mass is 9.93. The average Bonchev–Trinajstić information content (AvgIpc) is 2.76. The molecule has 4 heteroatoms. The van der Waals surface area contributed by atoms with Crippen molar-refractivity contribution in [3.63, 3.8) is 0 Å². The number of ether oxygens (including phenoxy) is 2. The summed E-state index contributed by atoms with van der Waals surface area (Å²) < 4.78 is 10.7. The molecule has 2 rings (SSSR count). The lowest BCUT2D eigenvalue weighted by molar-refractivity contribution is 0.274. The van der Waals surface area contributed by atoms with Crippen LogP contribution in [0.2, 0.25) is 0 Å². The summed E-state index contributed by atoms with van der Waals surface area (Å²) in [6, 6.07) is 5.79. The molecule has 4 nitrogen and oxygen atoms in total. The normalized spacial score (nSPS) is 19.9. The molecule has 112 valence electrons. The number of hydrogen-bond donors (Lipinski definition) is 1. The second-order valence-corrected chi connectivity index (χ2v) is 6.36. The van der Waals surface area contributed by atoms with Gasteiger partial charge in [-0.25, -0.2) is 0 Å². The summed E-state index contributed by atoms with van der Waals surface area (Å²) in [5.74, 6) is 1.59. The van der Waals surface area contributed by atoms with E-state index in [1.54, 1.807) is 14.2 Å². The fourth-order valence-electron chi connectivity index (χ4n) is 2.88. The van der Waals surface area contributed by atoms with Gasteiger partial charge in [0.1, 0.15) is 11.5 Å². The molecule has 1 aliphatic heterocycles. The average molecular weight is 278 g/mol. The Morgan fingerprint density at radius 1 is 1.30 bits per heavy atom. The Kier molecular flexibility index (Phi) is 4.55. The maximum absolute atomic E-state index is 6.37. The van der Waals surface area contributed by atoms with Gasteiger partial charge in [0.2, 0.25) is 0 Å². The van der Waals surface area contributed by atoms with Gasteiger partial charge >= 0.3 is 0 Å². The number of likely N-dealkylation sites (tertiary alicyclic amines) is 1. The molecule has 1 atom stereocenters. The zero-order valence-electron chi connectivity index (χ0n) is 13.0. The van der Waals surface area contributed by atoms with E-state index in [-0.39, 0.29) is 6.04 Å². The van der Waals surface area contributed by atoms with Gasteiger partial charge in [0.15, 0.2) is 0 Å². The molecule has 0 aromatic heterocycles. The number of rotatable bonds is 5. The molecule has 1 fully saturated rings. The van der Waals surface area contributed by atoms with E-state index >= 15 is 0 Å². The zero-order valence-corrected chi connectivity index (χ0v) is 13.0. The minimum absolute atomic E-state index is 0.0373. The smallest absolute Gasteiger partial charge is 0.127 e. The van der Waals surface area contributed by atoms with Crippen molar-refractivity contribution in [2.24, 2.45) is 11.1 Å². The molecule has 0 saturated carbocycles. The summed E-state index contributed by atoms with van der Waals surface area (Å²) in [4.78, 5) is 2.44. The summed E-state index contributed by atoms with van der Waals surface area (Å²) >= 11 is 0. The Morgan fingerprint density at radius 3 is 2.60 bits per heavy atom. The van der Waals surface area contributed by atoms with Gasteiger partial charge in [-0.3, -0.25) is 0 Å². The van der Waals surface area contributed by atoms with Gasteiger partial charge in [0, 0.05) is 30.8 Å². The molecule has 0 aliphatic carbocycles. The van der Waals surface area contributed by atoms with Crippen molar-refractivity contribution in [3.8, 4) is 11.5 Å². The predicted octanol–water partition coefficient (Wildman–Crippen LogP) is 2.44. The molecule has 0 amide bonds. The lowest BCUT2D eigenvalue weighted by Crippen LogP contribution is -2.31. The number of nitrogens with two attached hydrogens (primary N) is 1. The van der Waals surface area contributed by atoms with Gasteiger partial charge in [-0.1, -0.05) is 19.9 Å². The number of nitrogens with zero attached hydrogens (tertiary/aromatic N) is 1. The van der Waals surface area contributed by atoms with Gasteiger partial charge in [0.05, 0.1) is 14.2 Å². The molecule has 1 aliphatic rings. The highest BCUT2D eigenvalue weighted by Gasteiger charge is 2.30. The highest BCUT2D eigenvalue weighted by Crippen LogP contribution is 2.32. The van der Waals surface area contributed by atoms with Crippen molar-refractivity contribution in [2.45, 2.75) is 26.3 Å². The Balaban J connectivity index is 2.07. The first-order valence-electron chi connectivity index (χ1n) is 7.15. The fourth-order valence-corrected chi connectivity index (χ4v) is 2.88. The Hall–Kier alpha value is -1.26. The van der Waals surface area contributed by atoms with Gasteiger partial charge in [-0.2, -0.15) is 0 Å². The van der Waals surface area contributed by atoms with Crippen LogP contribution in [0.4, 0.5) is 0 Å². The highest BCUT2D eigenvalue weighted by atomic mass is 16.5. The number of methoxy groups -OCH3 is 2. The molecule has 1 aromatic rings. The second-order valence-electron chi connectivity index (χ2n) is 6.36. The maximum atomic E-state index is 6.37. The van der Waals surface area contributed by atoms with Gasteiger partial charge in [-0.15, -0.1) is 0 Å². The summed E-state index contributed by atoms with van der Waals surface area (Å²) in [5.41, 5.74) is 7.82. The van der Waals surface area contributed by atoms with E-state index in [1.807, 2.05) is 18.2 Å². The standard InChI is InChI=1S/C16H26N2O2/c1-16(2)7-8-18(11-16)10-14(17)13-6-5-12(19-3)9-15(13)20-4/h5-6,9,14H,7-8,10-11,17H2,1-4H3. The molecule has 20 heavy (non-hydrogen) atoms. The van der Waals surface area contributed by atoms with Crippen molar-refractivity contribution in [2.75, 3.05) is 33.9 Å². The number of benzene rings is 1. The summed E-state index contributed by atoms with van der Waals surface area (Å²) in [7, 11) is 3.32. The SMILES string of the molecule is COc1ccc(C(N)CN2CCC(C)(C)C2)c(OC)c1. The van der Waals surface area contributed by atoms with Crippen molar-refractivity contribution >= 4 is 0 Å². The molecule has 0 bridgehead atoms. The maximum Gasteiger partial charge on any atom is 0.127 e. The first-order chi connectivity index (χ1) is 9.45. The third-order valence-corrected chi connectivity index (χ3v) is 4.05. The largest absolute Gasteiger partial charge is 0.497 e. The van der Waals surface area contributed by atoms with Crippen LogP contribution in [0, 0.1) is 5.41 Å². The van der Waals surface area contributed by atoms with E-state index in [0.29, 0.717) is 5.41 Å². The first kappa shape index (κ1) is 15.1. The molecule has 0 radical (unpaired) electrons. The van der Waals surface area contributed by atoms with E-state index in [2.05, 4.69) is 18.7 Å². The van der Waals surface area contributed by atoms with E-state index in [1.165, 1.54) is 6.42 Å². The minimum atomic E-state index is -0.0373. The van der Waals surface area contributed by atoms with Crippen LogP contribution in [0.15, 0.2) is 18.2 Å². The Bertz CT molecular complexity index is 460. The van der Waals surface area contributed by atoms with Crippen LogP contribution in [0.5, 0.6) is 11.5 Å². The van der Waals surface area contributed by atoms with E-state index < -0.39 is 0 Å². The zero-order chi connectivity index (χ0) is 14.8. The molecule has 1 heterocycles. The second kappa shape index (κ2) is 6.02. The van der Waals surface area contributed by atoms with Crippen molar-refractivity contribution in [1.29, 1.82) is 0 Å².